The number of imidazole rings is 1. The van der Waals surface area contributed by atoms with E-state index in [-0.39, 0.29) is 17.5 Å². The Morgan fingerprint density at radius 3 is 2.71 bits per heavy atom. The molecular formula is C21H18Cl2FN3O. The van der Waals surface area contributed by atoms with Crippen LogP contribution in [-0.2, 0) is 13.1 Å². The van der Waals surface area contributed by atoms with Gasteiger partial charge in [0.05, 0.1) is 18.7 Å². The van der Waals surface area contributed by atoms with Crippen LogP contribution < -0.4 is 0 Å². The second-order valence-electron chi connectivity index (χ2n) is 6.85. The van der Waals surface area contributed by atoms with Crippen LogP contribution in [0.4, 0.5) is 4.39 Å². The molecule has 0 atom stereocenters. The maximum atomic E-state index is 14.1. The minimum absolute atomic E-state index is 0.0910. The maximum absolute atomic E-state index is 14.1. The molecule has 0 unspecified atom stereocenters. The molecule has 144 valence electrons. The Labute approximate surface area is 172 Å². The molecule has 0 spiro atoms. The number of benzene rings is 2. The summed E-state index contributed by atoms with van der Waals surface area (Å²) in [6, 6.07) is 11.6. The lowest BCUT2D eigenvalue weighted by atomic mass is 10.2. The third kappa shape index (κ3) is 4.05. The van der Waals surface area contributed by atoms with Crippen molar-refractivity contribution in [3.8, 4) is 0 Å². The van der Waals surface area contributed by atoms with Crippen molar-refractivity contribution in [3.63, 3.8) is 0 Å². The van der Waals surface area contributed by atoms with Crippen LogP contribution in [0.15, 0.2) is 54.9 Å². The normalized spacial score (nSPS) is 13.5. The second-order valence-corrected chi connectivity index (χ2v) is 7.69. The first-order valence-electron chi connectivity index (χ1n) is 9.02. The first kappa shape index (κ1) is 19.0. The van der Waals surface area contributed by atoms with Gasteiger partial charge < -0.3 is 9.47 Å². The Kier molecular flexibility index (Phi) is 5.38. The minimum Gasteiger partial charge on any atom is -0.329 e. The lowest BCUT2D eigenvalue weighted by molar-refractivity contribution is 0.0719. The number of amides is 1. The second kappa shape index (κ2) is 7.94. The van der Waals surface area contributed by atoms with Gasteiger partial charge in [-0.2, -0.15) is 0 Å². The first-order valence-corrected chi connectivity index (χ1v) is 9.78. The van der Waals surface area contributed by atoms with Crippen LogP contribution in [0.3, 0.4) is 0 Å². The molecule has 0 bridgehead atoms. The third-order valence-corrected chi connectivity index (χ3v) is 5.41. The van der Waals surface area contributed by atoms with Crippen molar-refractivity contribution in [2.45, 2.75) is 32.0 Å². The predicted octanol–water partition coefficient (Wildman–Crippen LogP) is 5.18. The largest absolute Gasteiger partial charge is 0.329 e. The quantitative estimate of drug-likeness (QED) is 0.553. The number of rotatable bonds is 6. The highest BCUT2D eigenvalue weighted by Crippen LogP contribution is 2.30. The number of hydrogen-bond acceptors (Lipinski definition) is 2. The van der Waals surface area contributed by atoms with Gasteiger partial charge in [-0.25, -0.2) is 9.37 Å². The molecule has 0 radical (unpaired) electrons. The molecule has 28 heavy (non-hydrogen) atoms. The van der Waals surface area contributed by atoms with E-state index in [2.05, 4.69) is 4.98 Å². The van der Waals surface area contributed by atoms with Gasteiger partial charge in [-0.1, -0.05) is 41.4 Å². The monoisotopic (exact) mass is 417 g/mol. The highest BCUT2D eigenvalue weighted by molar-refractivity contribution is 6.35. The third-order valence-electron chi connectivity index (χ3n) is 4.82. The molecule has 0 N–H and O–H groups in total. The van der Waals surface area contributed by atoms with Crippen molar-refractivity contribution < 1.29 is 9.18 Å². The fourth-order valence-electron chi connectivity index (χ4n) is 3.16. The van der Waals surface area contributed by atoms with E-state index in [1.165, 1.54) is 12.1 Å². The van der Waals surface area contributed by atoms with Crippen LogP contribution >= 0.6 is 23.2 Å². The van der Waals surface area contributed by atoms with Gasteiger partial charge in [0.15, 0.2) is 0 Å². The van der Waals surface area contributed by atoms with E-state index in [1.807, 2.05) is 16.8 Å². The van der Waals surface area contributed by atoms with Crippen LogP contribution in [0, 0.1) is 5.82 Å². The molecule has 2 aromatic carbocycles. The van der Waals surface area contributed by atoms with E-state index >= 15 is 0 Å². The maximum Gasteiger partial charge on any atom is 0.257 e. The van der Waals surface area contributed by atoms with Gasteiger partial charge in [-0.05, 0) is 42.7 Å². The van der Waals surface area contributed by atoms with E-state index in [9.17, 15) is 9.18 Å². The Morgan fingerprint density at radius 2 is 2.00 bits per heavy atom. The zero-order valence-electron chi connectivity index (χ0n) is 15.0. The summed E-state index contributed by atoms with van der Waals surface area (Å²) in [6.07, 6.45) is 5.38. The molecule has 1 aliphatic rings. The van der Waals surface area contributed by atoms with E-state index in [4.69, 9.17) is 23.2 Å². The smallest absolute Gasteiger partial charge is 0.257 e. The first-order chi connectivity index (χ1) is 13.5. The van der Waals surface area contributed by atoms with E-state index in [0.29, 0.717) is 23.1 Å². The molecule has 1 aromatic heterocycles. The standard InChI is InChI=1S/C21H18Cl2FN3O/c22-15-6-5-14(18(23)11-15)12-26-10-9-25-20(26)13-27(16-7-8-16)21(28)17-3-1-2-4-19(17)24/h1-6,9-11,16H,7-8,12-13H2. The highest BCUT2D eigenvalue weighted by Gasteiger charge is 2.34. The number of nitrogens with zero attached hydrogens (tertiary/aromatic N) is 3. The summed E-state index contributed by atoms with van der Waals surface area (Å²) in [4.78, 5) is 19.1. The number of aromatic nitrogens is 2. The number of carbonyl (C=O) groups is 1. The van der Waals surface area contributed by atoms with Gasteiger partial charge in [-0.3, -0.25) is 4.79 Å². The molecule has 1 heterocycles. The van der Waals surface area contributed by atoms with Crippen molar-refractivity contribution in [2.75, 3.05) is 0 Å². The Balaban J connectivity index is 1.57. The SMILES string of the molecule is O=C(c1ccccc1F)N(Cc1nccn1Cc1ccc(Cl)cc1Cl)C1CC1. The van der Waals surface area contributed by atoms with Crippen molar-refractivity contribution in [1.82, 2.24) is 14.5 Å². The molecular weight excluding hydrogens is 400 g/mol. The Morgan fingerprint density at radius 1 is 1.21 bits per heavy atom. The summed E-state index contributed by atoms with van der Waals surface area (Å²) in [7, 11) is 0. The van der Waals surface area contributed by atoms with Crippen molar-refractivity contribution in [1.29, 1.82) is 0 Å². The van der Waals surface area contributed by atoms with E-state index < -0.39 is 5.82 Å². The van der Waals surface area contributed by atoms with Crippen molar-refractivity contribution >= 4 is 29.1 Å². The predicted molar refractivity (Wildman–Crippen MR) is 107 cm³/mol. The van der Waals surface area contributed by atoms with Gasteiger partial charge in [0.25, 0.3) is 5.91 Å². The summed E-state index contributed by atoms with van der Waals surface area (Å²) in [5.41, 5.74) is 0.997. The number of carbonyl (C=O) groups excluding carboxylic acids is 1. The highest BCUT2D eigenvalue weighted by atomic mass is 35.5. The van der Waals surface area contributed by atoms with Crippen molar-refractivity contribution in [3.05, 3.63) is 87.7 Å². The van der Waals surface area contributed by atoms with Gasteiger partial charge in [0, 0.05) is 28.5 Å². The lowest BCUT2D eigenvalue weighted by Crippen LogP contribution is -2.34. The summed E-state index contributed by atoms with van der Waals surface area (Å²) in [5.74, 6) is -0.0864. The molecule has 3 aromatic rings. The molecule has 1 aliphatic carbocycles. The molecule has 1 fully saturated rings. The Hall–Kier alpha value is -2.37. The van der Waals surface area contributed by atoms with Crippen LogP contribution in [0.2, 0.25) is 10.0 Å². The van der Waals surface area contributed by atoms with Gasteiger partial charge in [0.2, 0.25) is 0 Å². The van der Waals surface area contributed by atoms with Crippen LogP contribution in [0.5, 0.6) is 0 Å². The van der Waals surface area contributed by atoms with Gasteiger partial charge in [0.1, 0.15) is 11.6 Å². The molecule has 1 amide bonds. The Bertz CT molecular complexity index is 1020. The molecule has 7 heteroatoms. The summed E-state index contributed by atoms with van der Waals surface area (Å²) >= 11 is 12.3. The average Bonchev–Trinajstić information content (AvgIpc) is 3.42. The van der Waals surface area contributed by atoms with E-state index in [1.54, 1.807) is 35.4 Å². The lowest BCUT2D eigenvalue weighted by Gasteiger charge is -2.23. The topological polar surface area (TPSA) is 38.1 Å². The van der Waals surface area contributed by atoms with Crippen LogP contribution in [0.25, 0.3) is 0 Å². The van der Waals surface area contributed by atoms with Crippen molar-refractivity contribution in [2.24, 2.45) is 0 Å². The molecule has 0 aliphatic heterocycles. The fraction of sp³-hybridized carbons (Fsp3) is 0.238. The summed E-state index contributed by atoms with van der Waals surface area (Å²) in [5, 5.41) is 1.16. The molecule has 4 nitrogen and oxygen atoms in total. The summed E-state index contributed by atoms with van der Waals surface area (Å²) < 4.78 is 16.1. The number of hydrogen-bond donors (Lipinski definition) is 0. The minimum atomic E-state index is -0.505. The zero-order chi connectivity index (χ0) is 19.7. The van der Waals surface area contributed by atoms with Crippen LogP contribution in [0.1, 0.15) is 34.6 Å². The average molecular weight is 418 g/mol. The van der Waals surface area contributed by atoms with E-state index in [0.717, 1.165) is 24.2 Å². The fourth-order valence-corrected chi connectivity index (χ4v) is 3.63. The zero-order valence-corrected chi connectivity index (χ0v) is 16.5. The summed E-state index contributed by atoms with van der Waals surface area (Å²) in [6.45, 7) is 0.827. The molecule has 4 rings (SSSR count). The van der Waals surface area contributed by atoms with Gasteiger partial charge in [-0.15, -0.1) is 0 Å². The molecule has 0 saturated heterocycles. The van der Waals surface area contributed by atoms with Crippen LogP contribution in [-0.4, -0.2) is 26.4 Å². The molecule has 1 saturated carbocycles. The van der Waals surface area contributed by atoms with Gasteiger partial charge >= 0.3 is 0 Å². The number of halogens is 3.